The van der Waals surface area contributed by atoms with Crippen LogP contribution in [0.2, 0.25) is 10.0 Å². The van der Waals surface area contributed by atoms with Crippen LogP contribution in [0.4, 0.5) is 0 Å². The van der Waals surface area contributed by atoms with Crippen LogP contribution < -0.4 is 5.32 Å². The van der Waals surface area contributed by atoms with Crippen molar-refractivity contribution in [2.45, 2.75) is 39.8 Å². The lowest BCUT2D eigenvalue weighted by Crippen LogP contribution is -2.48. The summed E-state index contributed by atoms with van der Waals surface area (Å²) < 4.78 is 0. The van der Waals surface area contributed by atoms with Gasteiger partial charge in [-0.2, -0.15) is 0 Å². The Morgan fingerprint density at radius 2 is 1.89 bits per heavy atom. The monoisotopic (exact) mass is 406 g/mol. The number of aryl methyl sites for hydroxylation is 1. The third-order valence-electron chi connectivity index (χ3n) is 4.31. The van der Waals surface area contributed by atoms with Gasteiger partial charge in [-0.15, -0.1) is 0 Å². The minimum Gasteiger partial charge on any atom is -0.355 e. The molecule has 0 saturated carbocycles. The molecule has 27 heavy (non-hydrogen) atoms. The number of halogens is 2. The van der Waals surface area contributed by atoms with Crippen molar-refractivity contribution in [3.05, 3.63) is 69.2 Å². The van der Waals surface area contributed by atoms with Crippen molar-refractivity contribution in [1.29, 1.82) is 0 Å². The maximum atomic E-state index is 13.0. The lowest BCUT2D eigenvalue weighted by Gasteiger charge is -2.29. The molecule has 0 fully saturated rings. The number of rotatable bonds is 7. The lowest BCUT2D eigenvalue weighted by atomic mass is 10.1. The molecular formula is C21H24Cl2N2O2. The van der Waals surface area contributed by atoms with Crippen LogP contribution in [0.15, 0.2) is 42.5 Å². The summed E-state index contributed by atoms with van der Waals surface area (Å²) in [7, 11) is 0. The van der Waals surface area contributed by atoms with Gasteiger partial charge in [-0.05, 0) is 44.0 Å². The zero-order valence-electron chi connectivity index (χ0n) is 15.8. The fraction of sp³-hybridized carbons (Fsp3) is 0.333. The van der Waals surface area contributed by atoms with E-state index in [0.29, 0.717) is 16.6 Å². The molecule has 1 N–H and O–H groups in total. The second-order valence-corrected chi connectivity index (χ2v) is 7.34. The van der Waals surface area contributed by atoms with Gasteiger partial charge in [0.15, 0.2) is 0 Å². The van der Waals surface area contributed by atoms with E-state index >= 15 is 0 Å². The molecule has 0 aromatic heterocycles. The summed E-state index contributed by atoms with van der Waals surface area (Å²) in [6, 6.07) is 12.3. The van der Waals surface area contributed by atoms with Crippen molar-refractivity contribution in [3.8, 4) is 0 Å². The molecule has 0 aliphatic rings. The molecular weight excluding hydrogens is 383 g/mol. The smallest absolute Gasteiger partial charge is 0.242 e. The summed E-state index contributed by atoms with van der Waals surface area (Å²) >= 11 is 12.2. The van der Waals surface area contributed by atoms with Crippen LogP contribution in [0.5, 0.6) is 0 Å². The first-order valence-electron chi connectivity index (χ1n) is 8.88. The van der Waals surface area contributed by atoms with Crippen LogP contribution in [0.25, 0.3) is 0 Å². The van der Waals surface area contributed by atoms with E-state index in [2.05, 4.69) is 5.32 Å². The topological polar surface area (TPSA) is 49.4 Å². The zero-order chi connectivity index (χ0) is 20.0. The van der Waals surface area contributed by atoms with Gasteiger partial charge in [0.25, 0.3) is 0 Å². The fourth-order valence-electron chi connectivity index (χ4n) is 2.84. The third-order valence-corrected chi connectivity index (χ3v) is 4.90. The van der Waals surface area contributed by atoms with E-state index in [0.717, 1.165) is 16.7 Å². The summed E-state index contributed by atoms with van der Waals surface area (Å²) in [6.07, 6.45) is 0.219. The Balaban J connectivity index is 2.27. The molecule has 0 aliphatic heterocycles. The maximum absolute atomic E-state index is 13.0. The summed E-state index contributed by atoms with van der Waals surface area (Å²) in [4.78, 5) is 27.0. The Morgan fingerprint density at radius 1 is 1.15 bits per heavy atom. The summed E-state index contributed by atoms with van der Waals surface area (Å²) in [6.45, 7) is 6.29. The fourth-order valence-corrected chi connectivity index (χ4v) is 3.30. The van der Waals surface area contributed by atoms with Gasteiger partial charge < -0.3 is 10.2 Å². The van der Waals surface area contributed by atoms with Crippen molar-refractivity contribution in [3.63, 3.8) is 0 Å². The van der Waals surface area contributed by atoms with E-state index < -0.39 is 6.04 Å². The highest BCUT2D eigenvalue weighted by Gasteiger charge is 2.26. The van der Waals surface area contributed by atoms with Gasteiger partial charge >= 0.3 is 0 Å². The van der Waals surface area contributed by atoms with Crippen LogP contribution >= 0.6 is 23.2 Å². The van der Waals surface area contributed by atoms with Crippen molar-refractivity contribution in [1.82, 2.24) is 10.2 Å². The van der Waals surface area contributed by atoms with Crippen molar-refractivity contribution >= 4 is 35.0 Å². The largest absolute Gasteiger partial charge is 0.355 e. The molecule has 0 spiro atoms. The maximum Gasteiger partial charge on any atom is 0.242 e. The lowest BCUT2D eigenvalue weighted by molar-refractivity contribution is -0.140. The highest BCUT2D eigenvalue weighted by atomic mass is 35.5. The zero-order valence-corrected chi connectivity index (χ0v) is 17.3. The molecule has 144 valence electrons. The number of hydrogen-bond donors (Lipinski definition) is 1. The minimum absolute atomic E-state index is 0.134. The Hall–Kier alpha value is -2.04. The van der Waals surface area contributed by atoms with E-state index in [1.807, 2.05) is 38.1 Å². The number of nitrogens with one attached hydrogen (secondary N) is 1. The number of likely N-dealkylation sites (N-methyl/N-ethyl adjacent to an activating group) is 1. The van der Waals surface area contributed by atoms with Crippen LogP contribution in [0.3, 0.4) is 0 Å². The average Bonchev–Trinajstić information content (AvgIpc) is 2.60. The van der Waals surface area contributed by atoms with Gasteiger partial charge in [-0.3, -0.25) is 9.59 Å². The number of carbonyl (C=O) groups excluding carboxylic acids is 2. The van der Waals surface area contributed by atoms with Crippen LogP contribution in [-0.2, 0) is 22.6 Å². The second kappa shape index (κ2) is 9.77. The van der Waals surface area contributed by atoms with Gasteiger partial charge in [-0.1, -0.05) is 59.1 Å². The molecule has 0 aliphatic carbocycles. The standard InChI is InChI=1S/C21H24Cl2N2O2/c1-4-24-21(27)15(3)25(13-17-8-9-18(22)12-19(17)23)20(26)11-16-7-5-6-14(2)10-16/h5-10,12,15H,4,11,13H2,1-3H3,(H,24,27). The number of carbonyl (C=O) groups is 2. The first-order chi connectivity index (χ1) is 12.8. The van der Waals surface area contributed by atoms with E-state index in [9.17, 15) is 9.59 Å². The van der Waals surface area contributed by atoms with E-state index in [4.69, 9.17) is 23.2 Å². The van der Waals surface area contributed by atoms with Crippen LogP contribution in [0.1, 0.15) is 30.5 Å². The minimum atomic E-state index is -0.617. The number of hydrogen-bond acceptors (Lipinski definition) is 2. The van der Waals surface area contributed by atoms with Crippen molar-refractivity contribution in [2.75, 3.05) is 6.54 Å². The van der Waals surface area contributed by atoms with Crippen LogP contribution in [-0.4, -0.2) is 29.3 Å². The highest BCUT2D eigenvalue weighted by molar-refractivity contribution is 6.35. The molecule has 2 aromatic carbocycles. The molecule has 1 unspecified atom stereocenters. The van der Waals surface area contributed by atoms with E-state index in [1.54, 1.807) is 30.0 Å². The Morgan fingerprint density at radius 3 is 2.52 bits per heavy atom. The average molecular weight is 407 g/mol. The molecule has 4 nitrogen and oxygen atoms in total. The molecule has 1 atom stereocenters. The number of nitrogens with zero attached hydrogens (tertiary/aromatic N) is 1. The first kappa shape index (κ1) is 21.3. The Labute approximate surface area is 170 Å². The molecule has 2 aromatic rings. The number of benzene rings is 2. The SMILES string of the molecule is CCNC(=O)C(C)N(Cc1ccc(Cl)cc1Cl)C(=O)Cc1cccc(C)c1. The van der Waals surface area contributed by atoms with E-state index in [1.165, 1.54) is 0 Å². The normalized spacial score (nSPS) is 11.7. The molecule has 2 rings (SSSR count). The molecule has 0 bridgehead atoms. The van der Waals surface area contributed by atoms with Crippen molar-refractivity contribution in [2.24, 2.45) is 0 Å². The predicted octanol–water partition coefficient (Wildman–Crippen LogP) is 4.40. The summed E-state index contributed by atoms with van der Waals surface area (Å²) in [5.41, 5.74) is 2.74. The first-order valence-corrected chi connectivity index (χ1v) is 9.64. The molecule has 0 saturated heterocycles. The quantitative estimate of drug-likeness (QED) is 0.740. The van der Waals surface area contributed by atoms with Crippen LogP contribution in [0, 0.1) is 6.92 Å². The third kappa shape index (κ3) is 5.98. The Bertz CT molecular complexity index is 824. The molecule has 6 heteroatoms. The number of amides is 2. The van der Waals surface area contributed by atoms with Gasteiger partial charge in [0, 0.05) is 23.1 Å². The van der Waals surface area contributed by atoms with E-state index in [-0.39, 0.29) is 24.8 Å². The second-order valence-electron chi connectivity index (χ2n) is 6.49. The highest BCUT2D eigenvalue weighted by Crippen LogP contribution is 2.23. The molecule has 0 radical (unpaired) electrons. The summed E-state index contributed by atoms with van der Waals surface area (Å²) in [5, 5.41) is 3.77. The predicted molar refractivity (Wildman–Crippen MR) is 110 cm³/mol. The molecule has 2 amide bonds. The van der Waals surface area contributed by atoms with Gasteiger partial charge in [-0.25, -0.2) is 0 Å². The van der Waals surface area contributed by atoms with Crippen molar-refractivity contribution < 1.29 is 9.59 Å². The van der Waals surface area contributed by atoms with Gasteiger partial charge in [0.2, 0.25) is 11.8 Å². The van der Waals surface area contributed by atoms with Gasteiger partial charge in [0.05, 0.1) is 6.42 Å². The Kier molecular flexibility index (Phi) is 7.69. The molecule has 0 heterocycles. The summed E-state index contributed by atoms with van der Waals surface area (Å²) in [5.74, 6) is -0.328. The van der Waals surface area contributed by atoms with Gasteiger partial charge in [0.1, 0.15) is 6.04 Å².